The van der Waals surface area contributed by atoms with E-state index in [0.29, 0.717) is 18.1 Å². The fourth-order valence-electron chi connectivity index (χ4n) is 1.75. The molecule has 2 atom stereocenters. The van der Waals surface area contributed by atoms with Gasteiger partial charge in [0.2, 0.25) is 5.89 Å². The maximum Gasteiger partial charge on any atom is 0.237 e. The van der Waals surface area contributed by atoms with E-state index in [9.17, 15) is 4.79 Å². The molecule has 0 aliphatic carbocycles. The Hall–Kier alpha value is -1.23. The molecule has 1 aromatic rings. The lowest BCUT2D eigenvalue weighted by Crippen LogP contribution is -2.16. The van der Waals surface area contributed by atoms with Gasteiger partial charge in [-0.05, 0) is 19.8 Å². The van der Waals surface area contributed by atoms with Crippen LogP contribution < -0.4 is 0 Å². The molecule has 1 aromatic heterocycles. The average molecular weight is 240 g/mol. The molecule has 0 saturated heterocycles. The van der Waals surface area contributed by atoms with Crippen LogP contribution in [0.2, 0.25) is 0 Å². The van der Waals surface area contributed by atoms with Crippen molar-refractivity contribution >= 4 is 5.78 Å². The highest BCUT2D eigenvalue weighted by Crippen LogP contribution is 2.24. The van der Waals surface area contributed by atoms with Gasteiger partial charge >= 0.3 is 0 Å². The quantitative estimate of drug-likeness (QED) is 0.760. The lowest BCUT2D eigenvalue weighted by molar-refractivity contribution is -0.119. The number of ketones is 1. The predicted octanol–water partition coefficient (Wildman–Crippen LogP) is 1.98. The van der Waals surface area contributed by atoms with Gasteiger partial charge < -0.3 is 9.26 Å². The summed E-state index contributed by atoms with van der Waals surface area (Å²) in [6.45, 7) is 7.41. The fourth-order valence-corrected chi connectivity index (χ4v) is 1.75. The van der Waals surface area contributed by atoms with E-state index in [-0.39, 0.29) is 23.7 Å². The number of methoxy groups -OCH3 is 1. The summed E-state index contributed by atoms with van der Waals surface area (Å²) in [6.07, 6.45) is 0.623. The zero-order valence-electron chi connectivity index (χ0n) is 11.1. The molecule has 5 heteroatoms. The smallest absolute Gasteiger partial charge is 0.237 e. The Labute approximate surface area is 102 Å². The van der Waals surface area contributed by atoms with Gasteiger partial charge in [0, 0.05) is 13.5 Å². The summed E-state index contributed by atoms with van der Waals surface area (Å²) in [4.78, 5) is 15.8. The second kappa shape index (κ2) is 5.91. The van der Waals surface area contributed by atoms with Crippen molar-refractivity contribution in [2.45, 2.75) is 46.1 Å². The number of aromatic nitrogens is 2. The van der Waals surface area contributed by atoms with Crippen LogP contribution in [0.4, 0.5) is 0 Å². The minimum Gasteiger partial charge on any atom is -0.381 e. The summed E-state index contributed by atoms with van der Waals surface area (Å²) in [5, 5.41) is 3.87. The molecule has 0 aromatic carbocycles. The molecule has 2 unspecified atom stereocenters. The van der Waals surface area contributed by atoms with Gasteiger partial charge in [0.25, 0.3) is 0 Å². The fraction of sp³-hybridized carbons (Fsp3) is 0.750. The number of carbonyl (C=O) groups is 1. The highest BCUT2D eigenvalue weighted by molar-refractivity contribution is 5.82. The molecule has 5 nitrogen and oxygen atoms in total. The van der Waals surface area contributed by atoms with E-state index in [4.69, 9.17) is 9.26 Å². The second-order valence-corrected chi connectivity index (χ2v) is 4.63. The molecule has 0 amide bonds. The number of hydrogen-bond acceptors (Lipinski definition) is 5. The number of rotatable bonds is 6. The number of nitrogens with zero attached hydrogens (tertiary/aromatic N) is 2. The van der Waals surface area contributed by atoms with Crippen molar-refractivity contribution in [2.75, 3.05) is 7.11 Å². The van der Waals surface area contributed by atoms with E-state index in [0.717, 1.165) is 0 Å². The average Bonchev–Trinajstić information content (AvgIpc) is 2.64. The highest BCUT2D eigenvalue weighted by Gasteiger charge is 2.27. The van der Waals surface area contributed by atoms with Crippen LogP contribution in [-0.4, -0.2) is 29.1 Å². The first-order valence-electron chi connectivity index (χ1n) is 5.81. The van der Waals surface area contributed by atoms with Gasteiger partial charge in [-0.2, -0.15) is 4.98 Å². The molecule has 0 fully saturated rings. The second-order valence-electron chi connectivity index (χ2n) is 4.63. The van der Waals surface area contributed by atoms with Crippen LogP contribution >= 0.6 is 0 Å². The molecule has 0 N–H and O–H groups in total. The van der Waals surface area contributed by atoms with Crippen molar-refractivity contribution in [3.05, 3.63) is 11.7 Å². The monoisotopic (exact) mass is 240 g/mol. The standard InChI is InChI=1S/C12H20N2O3/c1-7(2)11(9(4)15)12-13-10(14-17-12)6-8(3)16-5/h7-8,11H,6H2,1-5H3. The summed E-state index contributed by atoms with van der Waals surface area (Å²) in [6, 6.07) is 0. The first-order chi connectivity index (χ1) is 7.95. The molecule has 17 heavy (non-hydrogen) atoms. The Morgan fingerprint density at radius 1 is 1.41 bits per heavy atom. The number of Topliss-reactive ketones (excluding diaryl/α,β-unsaturated/α-hetero) is 1. The SMILES string of the molecule is COC(C)Cc1noc(C(C(C)=O)C(C)C)n1. The third kappa shape index (κ3) is 3.63. The van der Waals surface area contributed by atoms with E-state index < -0.39 is 0 Å². The third-order valence-electron chi connectivity index (χ3n) is 2.73. The first kappa shape index (κ1) is 13.8. The minimum absolute atomic E-state index is 0.0373. The largest absolute Gasteiger partial charge is 0.381 e. The lowest BCUT2D eigenvalue weighted by Gasteiger charge is -2.12. The third-order valence-corrected chi connectivity index (χ3v) is 2.73. The predicted molar refractivity (Wildman–Crippen MR) is 62.7 cm³/mol. The van der Waals surface area contributed by atoms with E-state index in [1.807, 2.05) is 20.8 Å². The van der Waals surface area contributed by atoms with Crippen LogP contribution in [0.25, 0.3) is 0 Å². The molecular formula is C12H20N2O3. The van der Waals surface area contributed by atoms with Crippen molar-refractivity contribution < 1.29 is 14.1 Å². The van der Waals surface area contributed by atoms with Crippen molar-refractivity contribution in [3.8, 4) is 0 Å². The van der Waals surface area contributed by atoms with Crippen LogP contribution in [0, 0.1) is 5.92 Å². The molecule has 1 rings (SSSR count). The Morgan fingerprint density at radius 3 is 2.53 bits per heavy atom. The van der Waals surface area contributed by atoms with Crippen LogP contribution in [0.3, 0.4) is 0 Å². The maximum absolute atomic E-state index is 11.5. The summed E-state index contributed by atoms with van der Waals surface area (Å²) in [5.41, 5.74) is 0. The van der Waals surface area contributed by atoms with Crippen LogP contribution in [-0.2, 0) is 16.0 Å². The molecule has 0 bridgehead atoms. The molecule has 0 aliphatic rings. The van der Waals surface area contributed by atoms with Gasteiger partial charge in [-0.1, -0.05) is 19.0 Å². The molecule has 0 aliphatic heterocycles. The Morgan fingerprint density at radius 2 is 2.06 bits per heavy atom. The Balaban J connectivity index is 2.82. The Bertz CT molecular complexity index is 374. The number of ether oxygens (including phenoxy) is 1. The van der Waals surface area contributed by atoms with E-state index in [2.05, 4.69) is 10.1 Å². The zero-order valence-corrected chi connectivity index (χ0v) is 11.1. The zero-order chi connectivity index (χ0) is 13.0. The molecule has 0 spiro atoms. The van der Waals surface area contributed by atoms with Crippen molar-refractivity contribution in [1.82, 2.24) is 10.1 Å². The number of hydrogen-bond donors (Lipinski definition) is 0. The van der Waals surface area contributed by atoms with Gasteiger partial charge in [-0.25, -0.2) is 0 Å². The lowest BCUT2D eigenvalue weighted by atomic mass is 9.92. The van der Waals surface area contributed by atoms with E-state index in [1.165, 1.54) is 0 Å². The molecule has 96 valence electrons. The van der Waals surface area contributed by atoms with Gasteiger partial charge in [0.1, 0.15) is 5.78 Å². The number of carbonyl (C=O) groups excluding carboxylic acids is 1. The summed E-state index contributed by atoms with van der Waals surface area (Å²) >= 11 is 0. The van der Waals surface area contributed by atoms with E-state index in [1.54, 1.807) is 14.0 Å². The summed E-state index contributed by atoms with van der Waals surface area (Å²) in [7, 11) is 1.64. The molecule has 0 radical (unpaired) electrons. The Kier molecular flexibility index (Phi) is 4.81. The normalized spacial score (nSPS) is 14.9. The van der Waals surface area contributed by atoms with Crippen LogP contribution in [0.1, 0.15) is 45.3 Å². The van der Waals surface area contributed by atoms with Crippen molar-refractivity contribution in [1.29, 1.82) is 0 Å². The first-order valence-corrected chi connectivity index (χ1v) is 5.81. The molecule has 1 heterocycles. The van der Waals surface area contributed by atoms with Gasteiger partial charge in [-0.15, -0.1) is 0 Å². The van der Waals surface area contributed by atoms with Crippen molar-refractivity contribution in [2.24, 2.45) is 5.92 Å². The van der Waals surface area contributed by atoms with Crippen LogP contribution in [0.5, 0.6) is 0 Å². The van der Waals surface area contributed by atoms with E-state index >= 15 is 0 Å². The molecule has 0 saturated carbocycles. The highest BCUT2D eigenvalue weighted by atomic mass is 16.5. The molecular weight excluding hydrogens is 220 g/mol. The topological polar surface area (TPSA) is 65.2 Å². The summed E-state index contributed by atoms with van der Waals surface area (Å²) < 4.78 is 10.3. The van der Waals surface area contributed by atoms with Gasteiger partial charge in [0.15, 0.2) is 5.82 Å². The van der Waals surface area contributed by atoms with Gasteiger partial charge in [0.05, 0.1) is 12.0 Å². The minimum atomic E-state index is -0.311. The maximum atomic E-state index is 11.5. The van der Waals surface area contributed by atoms with Crippen molar-refractivity contribution in [3.63, 3.8) is 0 Å². The summed E-state index contributed by atoms with van der Waals surface area (Å²) in [5.74, 6) is 0.886. The van der Waals surface area contributed by atoms with Crippen LogP contribution in [0.15, 0.2) is 4.52 Å². The van der Waals surface area contributed by atoms with Gasteiger partial charge in [-0.3, -0.25) is 4.79 Å².